The Labute approximate surface area is 256 Å². The summed E-state index contributed by atoms with van der Waals surface area (Å²) >= 11 is 0. The maximum absolute atomic E-state index is 13.8. The molecule has 2 aromatic carbocycles. The van der Waals surface area contributed by atoms with Gasteiger partial charge in [-0.15, -0.1) is 0 Å². The van der Waals surface area contributed by atoms with Gasteiger partial charge in [0.1, 0.15) is 18.1 Å². The molecule has 2 aromatic heterocycles. The number of nitrogens with one attached hydrogen (secondary N) is 5. The van der Waals surface area contributed by atoms with Crippen molar-refractivity contribution in [3.8, 4) is 0 Å². The smallest absolute Gasteiger partial charge is 0.326 e. The molecule has 4 rings (SSSR count). The van der Waals surface area contributed by atoms with E-state index in [1.54, 1.807) is 12.4 Å². The first-order valence-corrected chi connectivity index (χ1v) is 14.9. The first-order valence-electron chi connectivity index (χ1n) is 14.9. The number of hydrogen-bond acceptors (Lipinski definition) is 5. The van der Waals surface area contributed by atoms with E-state index >= 15 is 0 Å². The molecule has 0 aliphatic heterocycles. The van der Waals surface area contributed by atoms with Crippen LogP contribution < -0.4 is 21.7 Å². The van der Waals surface area contributed by atoms with Crippen LogP contribution in [0, 0.1) is 11.8 Å². The van der Waals surface area contributed by atoms with Crippen LogP contribution >= 0.6 is 0 Å². The van der Waals surface area contributed by atoms with Crippen LogP contribution in [-0.4, -0.2) is 62.9 Å². The fourth-order valence-corrected chi connectivity index (χ4v) is 5.27. The number of para-hydroxylation sites is 2. The molecule has 4 aromatic rings. The Balaban J connectivity index is 1.59. The zero-order valence-corrected chi connectivity index (χ0v) is 25.5. The van der Waals surface area contributed by atoms with Crippen LogP contribution in [0.4, 0.5) is 0 Å². The van der Waals surface area contributed by atoms with E-state index in [4.69, 9.17) is 5.73 Å². The summed E-state index contributed by atoms with van der Waals surface area (Å²) < 4.78 is 0. The topological polar surface area (TPSA) is 182 Å². The van der Waals surface area contributed by atoms with Crippen molar-refractivity contribution in [1.29, 1.82) is 0 Å². The maximum Gasteiger partial charge on any atom is 0.326 e. The zero-order chi connectivity index (χ0) is 32.0. The van der Waals surface area contributed by atoms with Gasteiger partial charge in [-0.05, 0) is 41.5 Å². The molecule has 44 heavy (non-hydrogen) atoms. The number of benzene rings is 2. The van der Waals surface area contributed by atoms with Gasteiger partial charge in [0.15, 0.2) is 0 Å². The number of rotatable bonds is 14. The van der Waals surface area contributed by atoms with Gasteiger partial charge in [0.05, 0.1) is 6.04 Å². The van der Waals surface area contributed by atoms with Crippen molar-refractivity contribution in [2.24, 2.45) is 17.6 Å². The highest BCUT2D eigenvalue weighted by Gasteiger charge is 2.32. The van der Waals surface area contributed by atoms with Crippen LogP contribution in [0.2, 0.25) is 0 Å². The van der Waals surface area contributed by atoms with Gasteiger partial charge in [-0.1, -0.05) is 64.1 Å². The number of aromatic nitrogens is 2. The third kappa shape index (κ3) is 7.84. The number of amides is 3. The predicted molar refractivity (Wildman–Crippen MR) is 170 cm³/mol. The monoisotopic (exact) mass is 602 g/mol. The Hall–Kier alpha value is -4.64. The molecule has 3 amide bonds. The van der Waals surface area contributed by atoms with Crippen molar-refractivity contribution >= 4 is 45.5 Å². The summed E-state index contributed by atoms with van der Waals surface area (Å²) in [5.74, 6) is -2.94. The molecule has 8 N–H and O–H groups in total. The molecular formula is C33H42N6O5. The molecule has 2 heterocycles. The first-order chi connectivity index (χ1) is 20.9. The lowest BCUT2D eigenvalue weighted by molar-refractivity contribution is -0.142. The van der Waals surface area contributed by atoms with Gasteiger partial charge in [0, 0.05) is 47.0 Å². The van der Waals surface area contributed by atoms with Crippen LogP contribution in [0.3, 0.4) is 0 Å². The first kappa shape index (κ1) is 32.3. The van der Waals surface area contributed by atoms with E-state index < -0.39 is 47.9 Å². The number of fused-ring (bicyclic) bond motifs is 2. The summed E-state index contributed by atoms with van der Waals surface area (Å²) in [5.41, 5.74) is 9.28. The third-order valence-electron chi connectivity index (χ3n) is 7.81. The molecule has 0 aliphatic rings. The lowest BCUT2D eigenvalue weighted by Gasteiger charge is -2.26. The summed E-state index contributed by atoms with van der Waals surface area (Å²) in [6.45, 7) is 7.48. The molecular weight excluding hydrogens is 560 g/mol. The third-order valence-corrected chi connectivity index (χ3v) is 7.81. The van der Waals surface area contributed by atoms with Crippen molar-refractivity contribution in [2.75, 3.05) is 0 Å². The van der Waals surface area contributed by atoms with Crippen molar-refractivity contribution in [2.45, 2.75) is 71.1 Å². The zero-order valence-electron chi connectivity index (χ0n) is 25.5. The second-order valence-corrected chi connectivity index (χ2v) is 12.0. The average Bonchev–Trinajstić information content (AvgIpc) is 3.59. The standard InChI is InChI=1S/C33H42N6O5/c1-18(2)13-26(38-32(42)29(34)19(3)4)30(40)37-27(14-20-16-35-24-11-7-5-9-22(20)24)31(41)39-28(33(43)44)15-21-17-36-25-12-8-6-10-23(21)25/h5-12,16-19,26-29,35-36H,13-15,34H2,1-4H3,(H,37,40)(H,38,42)(H,39,41)(H,43,44). The number of H-pyrrole nitrogens is 2. The second kappa shape index (κ2) is 14.2. The average molecular weight is 603 g/mol. The molecule has 0 radical (unpaired) electrons. The van der Waals surface area contributed by atoms with Gasteiger partial charge in [-0.3, -0.25) is 14.4 Å². The fraction of sp³-hybridized carbons (Fsp3) is 0.394. The summed E-state index contributed by atoms with van der Waals surface area (Å²) in [7, 11) is 0. The Morgan fingerprint density at radius 1 is 0.705 bits per heavy atom. The van der Waals surface area contributed by atoms with Crippen LogP contribution in [-0.2, 0) is 32.0 Å². The second-order valence-electron chi connectivity index (χ2n) is 12.0. The fourth-order valence-electron chi connectivity index (χ4n) is 5.27. The van der Waals surface area contributed by atoms with Crippen LogP contribution in [0.5, 0.6) is 0 Å². The summed E-state index contributed by atoms with van der Waals surface area (Å²) in [6, 6.07) is 11.0. The van der Waals surface area contributed by atoms with Crippen molar-refractivity contribution in [3.05, 3.63) is 72.1 Å². The lowest BCUT2D eigenvalue weighted by atomic mass is 9.99. The number of carbonyl (C=O) groups is 4. The SMILES string of the molecule is CC(C)CC(NC(=O)C(N)C(C)C)C(=O)NC(Cc1c[nH]c2ccccc12)C(=O)NC(Cc1c[nH]c2ccccc12)C(=O)O. The van der Waals surface area contributed by atoms with E-state index in [2.05, 4.69) is 25.9 Å². The number of aliphatic carboxylic acids is 1. The number of hydrogen-bond donors (Lipinski definition) is 7. The lowest BCUT2D eigenvalue weighted by Crippen LogP contribution is -2.58. The van der Waals surface area contributed by atoms with Gasteiger partial charge in [0.25, 0.3) is 0 Å². The molecule has 4 atom stereocenters. The highest BCUT2D eigenvalue weighted by atomic mass is 16.4. The molecule has 11 nitrogen and oxygen atoms in total. The minimum atomic E-state index is -1.25. The van der Waals surface area contributed by atoms with Crippen LogP contribution in [0.15, 0.2) is 60.9 Å². The van der Waals surface area contributed by atoms with Crippen LogP contribution in [0.1, 0.15) is 45.2 Å². The number of nitrogens with two attached hydrogens (primary N) is 1. The maximum atomic E-state index is 13.8. The van der Waals surface area contributed by atoms with Gasteiger partial charge in [0.2, 0.25) is 17.7 Å². The van der Waals surface area contributed by atoms with Crippen LogP contribution in [0.25, 0.3) is 21.8 Å². The van der Waals surface area contributed by atoms with Gasteiger partial charge in [-0.2, -0.15) is 0 Å². The van der Waals surface area contributed by atoms with Crippen molar-refractivity contribution < 1.29 is 24.3 Å². The summed E-state index contributed by atoms with van der Waals surface area (Å²) in [4.78, 5) is 58.9. The van der Waals surface area contributed by atoms with E-state index in [1.165, 1.54) is 0 Å². The molecule has 4 unspecified atom stereocenters. The van der Waals surface area contributed by atoms with E-state index in [0.29, 0.717) is 6.42 Å². The van der Waals surface area contributed by atoms with E-state index in [0.717, 1.165) is 32.9 Å². The Morgan fingerprint density at radius 2 is 1.16 bits per heavy atom. The van der Waals surface area contributed by atoms with Gasteiger partial charge < -0.3 is 36.8 Å². The highest BCUT2D eigenvalue weighted by Crippen LogP contribution is 2.21. The van der Waals surface area contributed by atoms with E-state index in [-0.39, 0.29) is 24.7 Å². The highest BCUT2D eigenvalue weighted by molar-refractivity contribution is 5.95. The molecule has 0 fully saturated rings. The van der Waals surface area contributed by atoms with E-state index in [1.807, 2.05) is 76.2 Å². The Bertz CT molecular complexity index is 1620. The molecule has 0 bridgehead atoms. The van der Waals surface area contributed by atoms with Crippen molar-refractivity contribution in [3.63, 3.8) is 0 Å². The number of carboxylic acids is 1. The summed E-state index contributed by atoms with van der Waals surface area (Å²) in [6.07, 6.45) is 3.96. The molecule has 0 saturated carbocycles. The van der Waals surface area contributed by atoms with Crippen molar-refractivity contribution in [1.82, 2.24) is 25.9 Å². The molecule has 11 heteroatoms. The van der Waals surface area contributed by atoms with E-state index in [9.17, 15) is 24.3 Å². The molecule has 234 valence electrons. The summed E-state index contributed by atoms with van der Waals surface area (Å²) in [5, 5.41) is 20.0. The number of aromatic amines is 2. The number of carbonyl (C=O) groups excluding carboxylic acids is 3. The molecule has 0 aliphatic carbocycles. The molecule has 0 spiro atoms. The predicted octanol–water partition coefficient (Wildman–Crippen LogP) is 3.00. The normalized spacial score (nSPS) is 14.3. The number of carboxylic acid groups (broad SMARTS) is 1. The van der Waals surface area contributed by atoms with Gasteiger partial charge in [-0.25, -0.2) is 4.79 Å². The molecule has 0 saturated heterocycles. The quantitative estimate of drug-likeness (QED) is 0.116. The largest absolute Gasteiger partial charge is 0.480 e. The minimum absolute atomic E-state index is 0.0396. The minimum Gasteiger partial charge on any atom is -0.480 e. The Morgan fingerprint density at radius 3 is 1.66 bits per heavy atom. The van der Waals surface area contributed by atoms with Gasteiger partial charge >= 0.3 is 5.97 Å². The Kier molecular flexibility index (Phi) is 10.4.